The molecule has 0 saturated carbocycles. The summed E-state index contributed by atoms with van der Waals surface area (Å²) < 4.78 is 5.48. The molecule has 0 aromatic heterocycles. The summed E-state index contributed by atoms with van der Waals surface area (Å²) in [7, 11) is 0. The molecule has 0 aliphatic rings. The van der Waals surface area contributed by atoms with Gasteiger partial charge < -0.3 is 9.84 Å². The molecule has 0 unspecified atom stereocenters. The summed E-state index contributed by atoms with van der Waals surface area (Å²) in [6, 6.07) is 4.73. The van der Waals surface area contributed by atoms with Crippen molar-refractivity contribution in [3.05, 3.63) is 23.2 Å². The van der Waals surface area contributed by atoms with Crippen LogP contribution in [-0.4, -0.2) is 10.7 Å². The van der Waals surface area contributed by atoms with Crippen LogP contribution >= 0.6 is 11.6 Å². The van der Waals surface area contributed by atoms with Gasteiger partial charge in [0.2, 0.25) is 0 Å². The Balaban J connectivity index is 2.94. The van der Waals surface area contributed by atoms with Crippen LogP contribution in [0.4, 0.5) is 0 Å². The topological polar surface area (TPSA) is 29.5 Å². The van der Waals surface area contributed by atoms with E-state index in [1.165, 1.54) is 6.07 Å². The van der Waals surface area contributed by atoms with Gasteiger partial charge in [0.05, 0.1) is 0 Å². The van der Waals surface area contributed by atoms with Crippen LogP contribution in [0.2, 0.25) is 5.02 Å². The molecule has 3 heteroatoms. The fraction of sp³-hybridized carbons (Fsp3) is 0.400. The van der Waals surface area contributed by atoms with Crippen LogP contribution in [0, 0.1) is 0 Å². The molecule has 0 bridgehead atoms. The van der Waals surface area contributed by atoms with Gasteiger partial charge in [-0.15, -0.1) is 0 Å². The van der Waals surface area contributed by atoms with Crippen molar-refractivity contribution in [3.8, 4) is 11.5 Å². The summed E-state index contributed by atoms with van der Waals surface area (Å²) in [5.41, 5.74) is -0.331. The summed E-state index contributed by atoms with van der Waals surface area (Å²) in [5.74, 6) is 0.527. The van der Waals surface area contributed by atoms with Gasteiger partial charge >= 0.3 is 0 Å². The highest BCUT2D eigenvalue weighted by molar-refractivity contribution is 6.30. The van der Waals surface area contributed by atoms with Crippen molar-refractivity contribution in [2.75, 3.05) is 0 Å². The van der Waals surface area contributed by atoms with Crippen molar-refractivity contribution in [1.29, 1.82) is 0 Å². The third-order valence-electron chi connectivity index (χ3n) is 1.34. The lowest BCUT2D eigenvalue weighted by molar-refractivity contribution is 0.126. The second kappa shape index (κ2) is 3.46. The number of halogens is 1. The first-order valence-electron chi connectivity index (χ1n) is 4.06. The molecule has 1 rings (SSSR count). The maximum atomic E-state index is 9.41. The molecule has 72 valence electrons. The van der Waals surface area contributed by atoms with Gasteiger partial charge in [-0.25, -0.2) is 0 Å². The molecular weight excluding hydrogens is 188 g/mol. The van der Waals surface area contributed by atoms with Crippen molar-refractivity contribution in [2.24, 2.45) is 0 Å². The Kier molecular flexibility index (Phi) is 2.71. The molecule has 2 nitrogen and oxygen atoms in total. The Labute approximate surface area is 83.1 Å². The van der Waals surface area contributed by atoms with Crippen molar-refractivity contribution in [2.45, 2.75) is 26.4 Å². The Morgan fingerprint density at radius 1 is 1.31 bits per heavy atom. The Bertz CT molecular complexity index is 302. The van der Waals surface area contributed by atoms with E-state index in [0.717, 1.165) is 0 Å². The van der Waals surface area contributed by atoms with E-state index in [1.807, 2.05) is 20.8 Å². The van der Waals surface area contributed by atoms with E-state index in [1.54, 1.807) is 12.1 Å². The first-order valence-corrected chi connectivity index (χ1v) is 4.44. The first-order chi connectivity index (χ1) is 5.88. The zero-order chi connectivity index (χ0) is 10.1. The average molecular weight is 201 g/mol. The summed E-state index contributed by atoms with van der Waals surface area (Å²) >= 11 is 5.75. The number of hydrogen-bond donors (Lipinski definition) is 1. The number of hydrogen-bond acceptors (Lipinski definition) is 2. The van der Waals surface area contributed by atoms with E-state index in [4.69, 9.17) is 16.3 Å². The molecule has 1 aromatic rings. The average Bonchev–Trinajstić information content (AvgIpc) is 1.94. The summed E-state index contributed by atoms with van der Waals surface area (Å²) in [6.07, 6.45) is 0. The molecule has 0 heterocycles. The van der Waals surface area contributed by atoms with Crippen molar-refractivity contribution >= 4 is 11.6 Å². The second-order valence-electron chi connectivity index (χ2n) is 3.83. The van der Waals surface area contributed by atoms with Gasteiger partial charge in [0.15, 0.2) is 11.5 Å². The number of phenols is 1. The summed E-state index contributed by atoms with van der Waals surface area (Å²) in [5, 5.41) is 9.97. The molecular formula is C10H13ClO2. The normalized spacial score (nSPS) is 11.4. The fourth-order valence-corrected chi connectivity index (χ4v) is 1.06. The lowest BCUT2D eigenvalue weighted by atomic mass is 10.2. The first kappa shape index (κ1) is 10.2. The van der Waals surface area contributed by atoms with Crippen LogP contribution < -0.4 is 4.74 Å². The lowest BCUT2D eigenvalue weighted by Gasteiger charge is -2.21. The molecule has 13 heavy (non-hydrogen) atoms. The van der Waals surface area contributed by atoms with Gasteiger partial charge in [0.1, 0.15) is 5.60 Å². The Morgan fingerprint density at radius 3 is 2.46 bits per heavy atom. The lowest BCUT2D eigenvalue weighted by Crippen LogP contribution is -2.22. The Hall–Kier alpha value is -0.890. The van der Waals surface area contributed by atoms with E-state index >= 15 is 0 Å². The maximum Gasteiger partial charge on any atom is 0.163 e. The van der Waals surface area contributed by atoms with Gasteiger partial charge in [0.25, 0.3) is 0 Å². The highest BCUT2D eigenvalue weighted by Gasteiger charge is 2.14. The number of benzene rings is 1. The SMILES string of the molecule is CC(C)(C)Oc1cc(Cl)ccc1O. The monoisotopic (exact) mass is 200 g/mol. The van der Waals surface area contributed by atoms with Crippen LogP contribution in [0.3, 0.4) is 0 Å². The minimum Gasteiger partial charge on any atom is -0.504 e. The predicted molar refractivity (Wildman–Crippen MR) is 53.5 cm³/mol. The minimum atomic E-state index is -0.331. The van der Waals surface area contributed by atoms with Gasteiger partial charge in [-0.05, 0) is 32.9 Å². The molecule has 0 amide bonds. The molecule has 1 aromatic carbocycles. The standard InChI is InChI=1S/C10H13ClO2/c1-10(2,3)13-9-6-7(11)4-5-8(9)12/h4-6,12H,1-3H3. The minimum absolute atomic E-state index is 0.110. The van der Waals surface area contributed by atoms with Crippen LogP contribution in [0.25, 0.3) is 0 Å². The zero-order valence-corrected chi connectivity index (χ0v) is 8.72. The molecule has 1 N–H and O–H groups in total. The van der Waals surface area contributed by atoms with E-state index in [9.17, 15) is 5.11 Å². The molecule has 0 aliphatic heterocycles. The van der Waals surface area contributed by atoms with Gasteiger partial charge in [-0.3, -0.25) is 0 Å². The third-order valence-corrected chi connectivity index (χ3v) is 1.57. The van der Waals surface area contributed by atoms with E-state index in [2.05, 4.69) is 0 Å². The van der Waals surface area contributed by atoms with E-state index < -0.39 is 0 Å². The smallest absolute Gasteiger partial charge is 0.163 e. The molecule has 0 fully saturated rings. The number of aromatic hydroxyl groups is 1. The highest BCUT2D eigenvalue weighted by Crippen LogP contribution is 2.31. The maximum absolute atomic E-state index is 9.41. The largest absolute Gasteiger partial charge is 0.504 e. The molecule has 0 atom stereocenters. The highest BCUT2D eigenvalue weighted by atomic mass is 35.5. The number of ether oxygens (including phenoxy) is 1. The third kappa shape index (κ3) is 3.15. The molecule has 0 spiro atoms. The van der Waals surface area contributed by atoms with E-state index in [0.29, 0.717) is 10.8 Å². The predicted octanol–water partition coefficient (Wildman–Crippen LogP) is 3.22. The van der Waals surface area contributed by atoms with Gasteiger partial charge in [-0.2, -0.15) is 0 Å². The summed E-state index contributed by atoms with van der Waals surface area (Å²) in [4.78, 5) is 0. The quantitative estimate of drug-likeness (QED) is 0.754. The van der Waals surface area contributed by atoms with Crippen LogP contribution in [-0.2, 0) is 0 Å². The number of rotatable bonds is 1. The molecule has 0 aliphatic carbocycles. The zero-order valence-electron chi connectivity index (χ0n) is 7.97. The Morgan fingerprint density at radius 2 is 1.92 bits per heavy atom. The fourth-order valence-electron chi connectivity index (χ4n) is 0.900. The van der Waals surface area contributed by atoms with Gasteiger partial charge in [0, 0.05) is 11.1 Å². The van der Waals surface area contributed by atoms with E-state index in [-0.39, 0.29) is 11.4 Å². The van der Waals surface area contributed by atoms with Crippen molar-refractivity contribution in [3.63, 3.8) is 0 Å². The molecule has 0 radical (unpaired) electrons. The van der Waals surface area contributed by atoms with Crippen LogP contribution in [0.5, 0.6) is 11.5 Å². The van der Waals surface area contributed by atoms with Crippen LogP contribution in [0.1, 0.15) is 20.8 Å². The van der Waals surface area contributed by atoms with Crippen molar-refractivity contribution < 1.29 is 9.84 Å². The number of phenolic OH excluding ortho intramolecular Hbond substituents is 1. The van der Waals surface area contributed by atoms with Crippen LogP contribution in [0.15, 0.2) is 18.2 Å². The van der Waals surface area contributed by atoms with Crippen molar-refractivity contribution in [1.82, 2.24) is 0 Å². The van der Waals surface area contributed by atoms with Gasteiger partial charge in [-0.1, -0.05) is 11.6 Å². The summed E-state index contributed by atoms with van der Waals surface area (Å²) in [6.45, 7) is 5.73. The molecule has 0 saturated heterocycles. The second-order valence-corrected chi connectivity index (χ2v) is 4.26.